The van der Waals surface area contributed by atoms with Gasteiger partial charge < -0.3 is 10.6 Å². The van der Waals surface area contributed by atoms with Crippen LogP contribution in [0.5, 0.6) is 0 Å². The van der Waals surface area contributed by atoms with Crippen molar-refractivity contribution in [3.05, 3.63) is 28.8 Å². The molecule has 8 heteroatoms. The van der Waals surface area contributed by atoms with E-state index in [2.05, 4.69) is 38.1 Å². The molecule has 24 heavy (non-hydrogen) atoms. The summed E-state index contributed by atoms with van der Waals surface area (Å²) in [5.41, 5.74) is 10.1. The number of likely N-dealkylation sites (tertiary alicyclic amines) is 1. The molecule has 1 atom stereocenters. The standard InChI is InChI=1S/C16H20BrN7/c1-22-5-3-4-10(8-22)14-13(17)15(18)24-16(21-14)12(7-20-24)11-6-19-23(2)9-11/h6-7,9-10H,3-5,8,18H2,1-2H3. The van der Waals surface area contributed by atoms with E-state index in [0.717, 1.165) is 46.5 Å². The van der Waals surface area contributed by atoms with Gasteiger partial charge in [0.05, 0.1) is 22.6 Å². The van der Waals surface area contributed by atoms with Crippen LogP contribution in [0.4, 0.5) is 5.82 Å². The summed E-state index contributed by atoms with van der Waals surface area (Å²) in [6, 6.07) is 0. The molecule has 7 nitrogen and oxygen atoms in total. The van der Waals surface area contributed by atoms with E-state index in [1.807, 2.05) is 19.4 Å². The van der Waals surface area contributed by atoms with E-state index in [1.54, 1.807) is 15.4 Å². The first-order chi connectivity index (χ1) is 11.5. The lowest BCUT2D eigenvalue weighted by molar-refractivity contribution is 0.248. The highest BCUT2D eigenvalue weighted by Crippen LogP contribution is 2.35. The summed E-state index contributed by atoms with van der Waals surface area (Å²) in [5.74, 6) is 0.973. The van der Waals surface area contributed by atoms with E-state index in [9.17, 15) is 0 Å². The predicted molar refractivity (Wildman–Crippen MR) is 96.8 cm³/mol. The number of nitrogen functional groups attached to an aromatic ring is 1. The van der Waals surface area contributed by atoms with Crippen molar-refractivity contribution in [1.29, 1.82) is 0 Å². The van der Waals surface area contributed by atoms with Crippen LogP contribution in [0, 0.1) is 0 Å². The topological polar surface area (TPSA) is 77.3 Å². The highest BCUT2D eigenvalue weighted by Gasteiger charge is 2.25. The summed E-state index contributed by atoms with van der Waals surface area (Å²) in [6.45, 7) is 2.14. The Morgan fingerprint density at radius 2 is 2.08 bits per heavy atom. The number of rotatable bonds is 2. The summed E-state index contributed by atoms with van der Waals surface area (Å²) in [5, 5.41) is 8.66. The average molecular weight is 390 g/mol. The van der Waals surface area contributed by atoms with Crippen molar-refractivity contribution in [3.63, 3.8) is 0 Å². The number of hydrogen-bond acceptors (Lipinski definition) is 5. The molecule has 1 unspecified atom stereocenters. The lowest BCUT2D eigenvalue weighted by atomic mass is 9.94. The minimum atomic E-state index is 0.377. The van der Waals surface area contributed by atoms with E-state index >= 15 is 0 Å². The maximum absolute atomic E-state index is 6.34. The molecule has 3 aromatic rings. The Bertz CT molecular complexity index is 897. The van der Waals surface area contributed by atoms with E-state index in [-0.39, 0.29) is 0 Å². The number of aromatic nitrogens is 5. The maximum atomic E-state index is 6.34. The van der Waals surface area contributed by atoms with Gasteiger partial charge in [-0.25, -0.2) is 4.98 Å². The van der Waals surface area contributed by atoms with Gasteiger partial charge in [0.2, 0.25) is 0 Å². The zero-order valence-corrected chi connectivity index (χ0v) is 15.4. The largest absolute Gasteiger partial charge is 0.383 e. The lowest BCUT2D eigenvalue weighted by Crippen LogP contribution is -2.31. The molecule has 1 aliphatic heterocycles. The monoisotopic (exact) mass is 389 g/mol. The molecule has 1 fully saturated rings. The van der Waals surface area contributed by atoms with Gasteiger partial charge in [0, 0.05) is 36.8 Å². The van der Waals surface area contributed by atoms with Gasteiger partial charge in [-0.2, -0.15) is 14.7 Å². The van der Waals surface area contributed by atoms with E-state index < -0.39 is 0 Å². The van der Waals surface area contributed by atoms with Crippen molar-refractivity contribution in [2.75, 3.05) is 25.9 Å². The number of nitrogens with zero attached hydrogens (tertiary/aromatic N) is 6. The predicted octanol–water partition coefficient (Wildman–Crippen LogP) is 2.28. The van der Waals surface area contributed by atoms with Gasteiger partial charge >= 0.3 is 0 Å². The number of anilines is 1. The number of aryl methyl sites for hydroxylation is 1. The molecule has 0 aromatic carbocycles. The molecule has 126 valence electrons. The molecule has 0 radical (unpaired) electrons. The van der Waals surface area contributed by atoms with Gasteiger partial charge in [0.1, 0.15) is 5.82 Å². The second-order valence-corrected chi connectivity index (χ2v) is 7.29. The number of hydrogen-bond donors (Lipinski definition) is 1. The zero-order valence-electron chi connectivity index (χ0n) is 13.8. The number of fused-ring (bicyclic) bond motifs is 1. The first-order valence-corrected chi connectivity index (χ1v) is 8.84. The van der Waals surface area contributed by atoms with Crippen molar-refractivity contribution < 1.29 is 0 Å². The van der Waals surface area contributed by atoms with Crippen LogP contribution in [0.15, 0.2) is 23.1 Å². The minimum absolute atomic E-state index is 0.377. The van der Waals surface area contributed by atoms with Crippen LogP contribution in [-0.4, -0.2) is 49.4 Å². The molecule has 0 bridgehead atoms. The molecule has 4 heterocycles. The van der Waals surface area contributed by atoms with Crippen LogP contribution in [0.25, 0.3) is 16.8 Å². The molecular formula is C16H20BrN7. The van der Waals surface area contributed by atoms with Gasteiger partial charge in [-0.05, 0) is 42.4 Å². The second kappa shape index (κ2) is 5.86. The van der Waals surface area contributed by atoms with Crippen LogP contribution >= 0.6 is 15.9 Å². The molecule has 0 aliphatic carbocycles. The summed E-state index contributed by atoms with van der Waals surface area (Å²) >= 11 is 3.64. The number of nitrogens with two attached hydrogens (primary N) is 1. The minimum Gasteiger partial charge on any atom is -0.383 e. The zero-order chi connectivity index (χ0) is 16.8. The molecule has 1 aliphatic rings. The molecule has 0 spiro atoms. The van der Waals surface area contributed by atoms with E-state index in [0.29, 0.717) is 11.7 Å². The SMILES string of the molecule is CN1CCCC(c2nc3c(-c4cnn(C)c4)cnn3c(N)c2Br)C1. The van der Waals surface area contributed by atoms with Crippen LogP contribution < -0.4 is 5.73 Å². The van der Waals surface area contributed by atoms with Crippen molar-refractivity contribution in [1.82, 2.24) is 29.3 Å². The van der Waals surface area contributed by atoms with Crippen molar-refractivity contribution in [3.8, 4) is 11.1 Å². The maximum Gasteiger partial charge on any atom is 0.165 e. The lowest BCUT2D eigenvalue weighted by Gasteiger charge is -2.30. The smallest absolute Gasteiger partial charge is 0.165 e. The third kappa shape index (κ3) is 2.50. The summed E-state index contributed by atoms with van der Waals surface area (Å²) in [4.78, 5) is 7.30. The summed E-state index contributed by atoms with van der Waals surface area (Å²) < 4.78 is 4.33. The van der Waals surface area contributed by atoms with Crippen molar-refractivity contribution in [2.45, 2.75) is 18.8 Å². The second-order valence-electron chi connectivity index (χ2n) is 6.49. The van der Waals surface area contributed by atoms with Crippen LogP contribution in [0.3, 0.4) is 0 Å². The van der Waals surface area contributed by atoms with Gasteiger partial charge in [0.15, 0.2) is 5.65 Å². The normalized spacial score (nSPS) is 19.2. The fraction of sp³-hybridized carbons (Fsp3) is 0.438. The first-order valence-electron chi connectivity index (χ1n) is 8.04. The van der Waals surface area contributed by atoms with E-state index in [1.165, 1.54) is 6.42 Å². The quantitative estimate of drug-likeness (QED) is 0.727. The first kappa shape index (κ1) is 15.6. The highest BCUT2D eigenvalue weighted by molar-refractivity contribution is 9.10. The van der Waals surface area contributed by atoms with Crippen molar-refractivity contribution >= 4 is 27.4 Å². The van der Waals surface area contributed by atoms with Crippen LogP contribution in [-0.2, 0) is 7.05 Å². The Labute approximate surface area is 148 Å². The van der Waals surface area contributed by atoms with E-state index in [4.69, 9.17) is 10.7 Å². The Kier molecular flexibility index (Phi) is 3.80. The number of piperidine rings is 1. The molecular weight excluding hydrogens is 370 g/mol. The van der Waals surface area contributed by atoms with Gasteiger partial charge in [-0.1, -0.05) is 0 Å². The Morgan fingerprint density at radius 1 is 1.25 bits per heavy atom. The highest BCUT2D eigenvalue weighted by atomic mass is 79.9. The molecule has 1 saturated heterocycles. The third-order valence-electron chi connectivity index (χ3n) is 4.68. The fourth-order valence-corrected chi connectivity index (χ4v) is 4.02. The summed E-state index contributed by atoms with van der Waals surface area (Å²) in [7, 11) is 4.05. The van der Waals surface area contributed by atoms with Gasteiger partial charge in [-0.3, -0.25) is 4.68 Å². The van der Waals surface area contributed by atoms with Crippen LogP contribution in [0.1, 0.15) is 24.5 Å². The Morgan fingerprint density at radius 3 is 2.79 bits per heavy atom. The summed E-state index contributed by atoms with van der Waals surface area (Å²) in [6.07, 6.45) is 7.89. The molecule has 0 saturated carbocycles. The van der Waals surface area contributed by atoms with Gasteiger partial charge in [-0.15, -0.1) is 0 Å². The number of halogens is 1. The van der Waals surface area contributed by atoms with Gasteiger partial charge in [0.25, 0.3) is 0 Å². The number of likely N-dealkylation sites (N-methyl/N-ethyl adjacent to an activating group) is 1. The third-order valence-corrected chi connectivity index (χ3v) is 5.49. The van der Waals surface area contributed by atoms with Crippen molar-refractivity contribution in [2.24, 2.45) is 7.05 Å². The molecule has 2 N–H and O–H groups in total. The molecule has 4 rings (SSSR count). The average Bonchev–Trinajstić information content (AvgIpc) is 3.16. The Hall–Kier alpha value is -1.93. The Balaban J connectivity index is 1.87. The molecule has 0 amide bonds. The van der Waals surface area contributed by atoms with Crippen LogP contribution in [0.2, 0.25) is 0 Å². The molecule has 3 aromatic heterocycles. The fourth-order valence-electron chi connectivity index (χ4n) is 3.44.